The molecule has 0 unspecified atom stereocenters. The van der Waals surface area contributed by atoms with E-state index in [0.29, 0.717) is 5.92 Å². The number of benzene rings is 2. The Balaban J connectivity index is 2.18. The largest absolute Gasteiger partial charge is 0.295 e. The van der Waals surface area contributed by atoms with Crippen molar-refractivity contribution in [3.05, 3.63) is 59.9 Å². The van der Waals surface area contributed by atoms with E-state index in [1.54, 1.807) is 0 Å². The number of nitrogens with zero attached hydrogens (tertiary/aromatic N) is 2. The zero-order valence-electron chi connectivity index (χ0n) is 9.59. The van der Waals surface area contributed by atoms with E-state index in [0.717, 1.165) is 11.3 Å². The van der Waals surface area contributed by atoms with E-state index < -0.39 is 0 Å². The van der Waals surface area contributed by atoms with Crippen LogP contribution in [0.15, 0.2) is 48.5 Å². The molecule has 0 saturated carbocycles. The number of para-hydroxylation sites is 3. The number of hydrogen-bond acceptors (Lipinski definition) is 1. The summed E-state index contributed by atoms with van der Waals surface area (Å²) in [7, 11) is 0. The maximum atomic E-state index is 4.75. The third-order valence-electron chi connectivity index (χ3n) is 3.62. The van der Waals surface area contributed by atoms with Gasteiger partial charge in [-0.05, 0) is 23.8 Å². The molecule has 2 nitrogen and oxygen atoms in total. The first-order valence-electron chi connectivity index (χ1n) is 5.93. The van der Waals surface area contributed by atoms with Crippen molar-refractivity contribution >= 4 is 11.0 Å². The summed E-state index contributed by atoms with van der Waals surface area (Å²) in [4.78, 5) is 4.75. The van der Waals surface area contributed by atoms with Crippen LogP contribution < -0.4 is 0 Å². The molecule has 2 aromatic carbocycles. The Bertz CT molecular complexity index is 725. The van der Waals surface area contributed by atoms with Gasteiger partial charge < -0.3 is 0 Å². The van der Waals surface area contributed by atoms with Gasteiger partial charge in [-0.3, -0.25) is 4.57 Å². The van der Waals surface area contributed by atoms with Crippen LogP contribution in [0.4, 0.5) is 0 Å². The predicted molar refractivity (Wildman–Crippen MR) is 68.6 cm³/mol. The topological polar surface area (TPSA) is 17.8 Å². The molecule has 1 aromatic heterocycles. The van der Waals surface area contributed by atoms with Gasteiger partial charge >= 0.3 is 0 Å². The molecule has 0 fully saturated rings. The fourth-order valence-corrected chi connectivity index (χ4v) is 2.78. The smallest absolute Gasteiger partial charge is 0.121 e. The molecule has 2 heteroatoms. The van der Waals surface area contributed by atoms with E-state index in [9.17, 15) is 0 Å². The minimum atomic E-state index is 0.388. The summed E-state index contributed by atoms with van der Waals surface area (Å²) in [6.45, 7) is 2.23. The molecule has 1 aliphatic heterocycles. The number of fused-ring (bicyclic) bond motifs is 5. The summed E-state index contributed by atoms with van der Waals surface area (Å²) in [6.07, 6.45) is 0. The van der Waals surface area contributed by atoms with Gasteiger partial charge in [-0.1, -0.05) is 37.3 Å². The Morgan fingerprint density at radius 2 is 1.76 bits per heavy atom. The van der Waals surface area contributed by atoms with Crippen molar-refractivity contribution in [3.63, 3.8) is 0 Å². The van der Waals surface area contributed by atoms with Crippen LogP contribution in [-0.2, 0) is 0 Å². The molecule has 0 N–H and O–H groups in total. The molecular weight excluding hydrogens is 208 g/mol. The van der Waals surface area contributed by atoms with E-state index in [1.165, 1.54) is 16.8 Å². The Morgan fingerprint density at radius 3 is 2.71 bits per heavy atom. The van der Waals surface area contributed by atoms with Crippen LogP contribution in [0, 0.1) is 0 Å². The third-order valence-corrected chi connectivity index (χ3v) is 3.62. The lowest BCUT2D eigenvalue weighted by molar-refractivity contribution is 0.868. The molecule has 0 spiro atoms. The fraction of sp³-hybridized carbons (Fsp3) is 0.133. The minimum absolute atomic E-state index is 0.388. The van der Waals surface area contributed by atoms with Gasteiger partial charge in [0.15, 0.2) is 0 Å². The minimum Gasteiger partial charge on any atom is -0.295 e. The van der Waals surface area contributed by atoms with Crippen molar-refractivity contribution in [2.24, 2.45) is 0 Å². The monoisotopic (exact) mass is 220 g/mol. The SMILES string of the molecule is C[C@@H]1c2ccccc2-n2c1nc1ccccc12. The average Bonchev–Trinajstić information content (AvgIpc) is 2.88. The molecule has 2 heterocycles. The fourth-order valence-electron chi connectivity index (χ4n) is 2.78. The molecule has 0 amide bonds. The summed E-state index contributed by atoms with van der Waals surface area (Å²) >= 11 is 0. The van der Waals surface area contributed by atoms with Gasteiger partial charge in [-0.2, -0.15) is 0 Å². The molecular formula is C15H12N2. The standard InChI is InChI=1S/C15H12N2/c1-10-11-6-2-4-8-13(11)17-14-9-5-3-7-12(14)16-15(10)17/h2-10H,1H3/t10-/m1/s1. The molecule has 3 aromatic rings. The summed E-state index contributed by atoms with van der Waals surface area (Å²) in [5, 5.41) is 0. The Labute approximate surface area is 99.5 Å². The van der Waals surface area contributed by atoms with E-state index in [2.05, 4.69) is 54.0 Å². The second-order valence-electron chi connectivity index (χ2n) is 4.57. The highest BCUT2D eigenvalue weighted by atomic mass is 15.1. The summed E-state index contributed by atoms with van der Waals surface area (Å²) in [5.41, 5.74) is 4.95. The molecule has 82 valence electrons. The summed E-state index contributed by atoms with van der Waals surface area (Å²) in [6, 6.07) is 16.9. The molecule has 0 saturated heterocycles. The zero-order chi connectivity index (χ0) is 11.4. The van der Waals surface area contributed by atoms with E-state index in [1.807, 2.05) is 6.07 Å². The molecule has 1 aliphatic rings. The van der Waals surface area contributed by atoms with Gasteiger partial charge in [0, 0.05) is 5.92 Å². The van der Waals surface area contributed by atoms with Crippen molar-refractivity contribution in [1.29, 1.82) is 0 Å². The van der Waals surface area contributed by atoms with E-state index in [-0.39, 0.29) is 0 Å². The number of aromatic nitrogens is 2. The Morgan fingerprint density at radius 1 is 1.00 bits per heavy atom. The molecule has 4 rings (SSSR count). The Hall–Kier alpha value is -2.09. The first kappa shape index (κ1) is 8.99. The van der Waals surface area contributed by atoms with Gasteiger partial charge in [-0.15, -0.1) is 0 Å². The molecule has 1 atom stereocenters. The highest BCUT2D eigenvalue weighted by Crippen LogP contribution is 2.39. The first-order chi connectivity index (χ1) is 8.36. The van der Waals surface area contributed by atoms with Crippen molar-refractivity contribution in [3.8, 4) is 5.69 Å². The van der Waals surface area contributed by atoms with Gasteiger partial charge in [0.25, 0.3) is 0 Å². The second kappa shape index (κ2) is 2.98. The van der Waals surface area contributed by atoms with Crippen LogP contribution in [0.2, 0.25) is 0 Å². The molecule has 17 heavy (non-hydrogen) atoms. The highest BCUT2D eigenvalue weighted by molar-refractivity contribution is 5.80. The van der Waals surface area contributed by atoms with Crippen LogP contribution in [0.5, 0.6) is 0 Å². The van der Waals surface area contributed by atoms with Crippen molar-refractivity contribution in [1.82, 2.24) is 9.55 Å². The maximum Gasteiger partial charge on any atom is 0.121 e. The maximum absolute atomic E-state index is 4.75. The predicted octanol–water partition coefficient (Wildman–Crippen LogP) is 3.49. The Kier molecular flexibility index (Phi) is 1.57. The van der Waals surface area contributed by atoms with Crippen molar-refractivity contribution < 1.29 is 0 Å². The van der Waals surface area contributed by atoms with Crippen molar-refractivity contribution in [2.75, 3.05) is 0 Å². The summed E-state index contributed by atoms with van der Waals surface area (Å²) < 4.78 is 2.29. The normalized spacial score (nSPS) is 17.1. The van der Waals surface area contributed by atoms with E-state index >= 15 is 0 Å². The number of imidazole rings is 1. The van der Waals surface area contributed by atoms with Crippen molar-refractivity contribution in [2.45, 2.75) is 12.8 Å². The highest BCUT2D eigenvalue weighted by Gasteiger charge is 2.28. The van der Waals surface area contributed by atoms with Crippen LogP contribution in [0.3, 0.4) is 0 Å². The molecule has 0 bridgehead atoms. The number of rotatable bonds is 0. The van der Waals surface area contributed by atoms with Crippen LogP contribution in [-0.4, -0.2) is 9.55 Å². The third kappa shape index (κ3) is 1.02. The second-order valence-corrected chi connectivity index (χ2v) is 4.57. The van der Waals surface area contributed by atoms with Crippen LogP contribution >= 0.6 is 0 Å². The zero-order valence-corrected chi connectivity index (χ0v) is 9.59. The number of hydrogen-bond donors (Lipinski definition) is 0. The van der Waals surface area contributed by atoms with Gasteiger partial charge in [0.1, 0.15) is 5.82 Å². The quantitative estimate of drug-likeness (QED) is 0.567. The van der Waals surface area contributed by atoms with Crippen LogP contribution in [0.1, 0.15) is 24.2 Å². The molecule has 0 aliphatic carbocycles. The lowest BCUT2D eigenvalue weighted by Gasteiger charge is -2.03. The summed E-state index contributed by atoms with van der Waals surface area (Å²) in [5.74, 6) is 1.55. The lowest BCUT2D eigenvalue weighted by Crippen LogP contribution is -1.92. The van der Waals surface area contributed by atoms with Crippen LogP contribution in [0.25, 0.3) is 16.7 Å². The van der Waals surface area contributed by atoms with E-state index in [4.69, 9.17) is 4.98 Å². The van der Waals surface area contributed by atoms with Gasteiger partial charge in [-0.25, -0.2) is 4.98 Å². The average molecular weight is 220 g/mol. The van der Waals surface area contributed by atoms with Gasteiger partial charge in [0.05, 0.1) is 16.7 Å². The van der Waals surface area contributed by atoms with Gasteiger partial charge in [0.2, 0.25) is 0 Å². The molecule has 0 radical (unpaired) electrons. The first-order valence-corrected chi connectivity index (χ1v) is 5.93. The lowest BCUT2D eigenvalue weighted by atomic mass is 10.0.